The van der Waals surface area contributed by atoms with E-state index in [0.29, 0.717) is 17.2 Å². The number of carboxylic acid groups (broad SMARTS) is 1. The predicted molar refractivity (Wildman–Crippen MR) is 143 cm³/mol. The van der Waals surface area contributed by atoms with Gasteiger partial charge in [0, 0.05) is 20.8 Å². The van der Waals surface area contributed by atoms with Crippen molar-refractivity contribution in [1.82, 2.24) is 20.2 Å². The standard InChI is InChI=1S/C28H21N5O4S/c1-16-22(27(36)37-15-17-7-3-2-4-8-17)24(33-28(29-16)30-31-32-33)23-20-9-5-6-10-21(20)38-25(23)18-11-13-19(14-12-18)26(34)35/h2-14,24H,15H2,1H3,(H,34,35)(H,29,30,32). The molecule has 1 aliphatic heterocycles. The highest BCUT2D eigenvalue weighted by Crippen LogP contribution is 2.47. The van der Waals surface area contributed by atoms with Gasteiger partial charge in [-0.25, -0.2) is 9.59 Å². The van der Waals surface area contributed by atoms with Crippen molar-refractivity contribution in [2.75, 3.05) is 5.32 Å². The van der Waals surface area contributed by atoms with Gasteiger partial charge in [-0.15, -0.1) is 11.3 Å². The molecule has 3 aromatic carbocycles. The van der Waals surface area contributed by atoms with Gasteiger partial charge < -0.3 is 15.2 Å². The number of esters is 1. The average molecular weight is 524 g/mol. The van der Waals surface area contributed by atoms with Crippen molar-refractivity contribution < 1.29 is 19.4 Å². The number of thiophene rings is 1. The fraction of sp³-hybridized carbons (Fsp3) is 0.107. The molecule has 5 aromatic rings. The SMILES string of the molecule is CC1=C(C(=O)OCc2ccccc2)C(c2c(-c3ccc(C(=O)O)cc3)sc3ccccc23)n2nnnc2N1. The zero-order chi connectivity index (χ0) is 26.2. The first kappa shape index (κ1) is 23.6. The second kappa shape index (κ2) is 9.56. The number of ether oxygens (including phenoxy) is 1. The molecule has 1 atom stereocenters. The Kier molecular flexibility index (Phi) is 5.93. The van der Waals surface area contributed by atoms with Gasteiger partial charge in [0.05, 0.1) is 11.1 Å². The number of benzene rings is 3. The Morgan fingerprint density at radius 2 is 1.76 bits per heavy atom. The monoisotopic (exact) mass is 523 g/mol. The minimum Gasteiger partial charge on any atom is -0.478 e. The number of tetrazole rings is 1. The number of carbonyl (C=O) groups excluding carboxylic acids is 1. The lowest BCUT2D eigenvalue weighted by Gasteiger charge is -2.28. The maximum absolute atomic E-state index is 13.7. The Morgan fingerprint density at radius 1 is 1.03 bits per heavy atom. The first-order valence-electron chi connectivity index (χ1n) is 11.8. The minimum absolute atomic E-state index is 0.125. The molecule has 188 valence electrons. The van der Waals surface area contributed by atoms with Crippen LogP contribution in [0.25, 0.3) is 20.5 Å². The van der Waals surface area contributed by atoms with E-state index in [9.17, 15) is 14.7 Å². The number of anilines is 1. The number of aromatic carboxylic acids is 1. The van der Waals surface area contributed by atoms with Crippen molar-refractivity contribution in [1.29, 1.82) is 0 Å². The molecule has 0 radical (unpaired) electrons. The molecule has 0 aliphatic carbocycles. The van der Waals surface area contributed by atoms with Crippen molar-refractivity contribution in [3.05, 3.63) is 107 Å². The summed E-state index contributed by atoms with van der Waals surface area (Å²) in [7, 11) is 0. The number of carbonyl (C=O) groups is 2. The topological polar surface area (TPSA) is 119 Å². The lowest BCUT2D eigenvalue weighted by atomic mass is 9.91. The van der Waals surface area contributed by atoms with Crippen LogP contribution in [0.1, 0.15) is 34.5 Å². The van der Waals surface area contributed by atoms with Gasteiger partial charge in [0.1, 0.15) is 12.6 Å². The molecule has 2 aromatic heterocycles. The van der Waals surface area contributed by atoms with Gasteiger partial charge in [-0.1, -0.05) is 65.8 Å². The number of nitrogens with zero attached hydrogens (tertiary/aromatic N) is 4. The largest absolute Gasteiger partial charge is 0.478 e. The van der Waals surface area contributed by atoms with Crippen LogP contribution in [0, 0.1) is 0 Å². The smallest absolute Gasteiger partial charge is 0.338 e. The van der Waals surface area contributed by atoms with E-state index in [1.165, 1.54) is 0 Å². The molecule has 0 bridgehead atoms. The summed E-state index contributed by atoms with van der Waals surface area (Å²) in [6, 6.07) is 23.5. The van der Waals surface area contributed by atoms with Crippen LogP contribution in [-0.2, 0) is 16.1 Å². The van der Waals surface area contributed by atoms with E-state index in [4.69, 9.17) is 4.74 Å². The van der Waals surface area contributed by atoms with Crippen LogP contribution in [0.15, 0.2) is 90.1 Å². The van der Waals surface area contributed by atoms with E-state index >= 15 is 0 Å². The van der Waals surface area contributed by atoms with Crippen LogP contribution in [0.3, 0.4) is 0 Å². The first-order valence-corrected chi connectivity index (χ1v) is 12.6. The summed E-state index contributed by atoms with van der Waals surface area (Å²) in [5, 5.41) is 25.7. The summed E-state index contributed by atoms with van der Waals surface area (Å²) in [6.45, 7) is 1.93. The molecule has 0 amide bonds. The number of hydrogen-bond donors (Lipinski definition) is 2. The van der Waals surface area contributed by atoms with Gasteiger partial charge >= 0.3 is 11.9 Å². The third kappa shape index (κ3) is 4.10. The van der Waals surface area contributed by atoms with Crippen LogP contribution in [0.4, 0.5) is 5.95 Å². The second-order valence-electron chi connectivity index (χ2n) is 8.80. The van der Waals surface area contributed by atoms with Crippen LogP contribution in [-0.4, -0.2) is 37.3 Å². The second-order valence-corrected chi connectivity index (χ2v) is 9.85. The highest BCUT2D eigenvalue weighted by molar-refractivity contribution is 7.22. The van der Waals surface area contributed by atoms with Crippen molar-refractivity contribution in [3.8, 4) is 10.4 Å². The van der Waals surface area contributed by atoms with Crippen LogP contribution in [0.2, 0.25) is 0 Å². The molecule has 38 heavy (non-hydrogen) atoms. The zero-order valence-corrected chi connectivity index (χ0v) is 21.0. The zero-order valence-electron chi connectivity index (χ0n) is 20.2. The van der Waals surface area contributed by atoms with Crippen molar-refractivity contribution in [2.45, 2.75) is 19.6 Å². The van der Waals surface area contributed by atoms with Gasteiger partial charge in [-0.2, -0.15) is 4.68 Å². The lowest BCUT2D eigenvalue weighted by molar-refractivity contribution is -0.140. The number of hydrogen-bond acceptors (Lipinski definition) is 8. The van der Waals surface area contributed by atoms with E-state index in [1.807, 2.05) is 54.6 Å². The average Bonchev–Trinajstić information content (AvgIpc) is 3.56. The lowest BCUT2D eigenvalue weighted by Crippen LogP contribution is -2.29. The van der Waals surface area contributed by atoms with E-state index in [0.717, 1.165) is 31.7 Å². The number of nitrogens with one attached hydrogen (secondary N) is 1. The summed E-state index contributed by atoms with van der Waals surface area (Å²) in [4.78, 5) is 26.0. The fourth-order valence-electron chi connectivity index (χ4n) is 4.66. The molecule has 0 saturated carbocycles. The van der Waals surface area contributed by atoms with Crippen LogP contribution < -0.4 is 5.32 Å². The third-order valence-corrected chi connectivity index (χ3v) is 7.68. The molecule has 0 fully saturated rings. The van der Waals surface area contributed by atoms with E-state index in [-0.39, 0.29) is 12.2 Å². The van der Waals surface area contributed by atoms with Crippen molar-refractivity contribution in [2.24, 2.45) is 0 Å². The molecular weight excluding hydrogens is 502 g/mol. The Labute approximate surface area is 221 Å². The Morgan fingerprint density at radius 3 is 2.53 bits per heavy atom. The van der Waals surface area contributed by atoms with Gasteiger partial charge in [0.15, 0.2) is 0 Å². The maximum atomic E-state index is 13.7. The predicted octanol–water partition coefficient (Wildman–Crippen LogP) is 5.29. The molecule has 2 N–H and O–H groups in total. The van der Waals surface area contributed by atoms with E-state index in [2.05, 4.69) is 20.8 Å². The molecule has 1 aliphatic rings. The summed E-state index contributed by atoms with van der Waals surface area (Å²) < 4.78 is 8.39. The van der Waals surface area contributed by atoms with Gasteiger partial charge in [0.25, 0.3) is 0 Å². The highest BCUT2D eigenvalue weighted by atomic mass is 32.1. The number of allylic oxidation sites excluding steroid dienone is 1. The normalized spacial score (nSPS) is 14.7. The Balaban J connectivity index is 1.51. The minimum atomic E-state index is -0.994. The molecule has 0 spiro atoms. The number of carboxylic acids is 1. The molecule has 3 heterocycles. The highest BCUT2D eigenvalue weighted by Gasteiger charge is 2.38. The van der Waals surface area contributed by atoms with Gasteiger partial charge in [-0.05, 0) is 52.1 Å². The van der Waals surface area contributed by atoms with Gasteiger partial charge in [0.2, 0.25) is 5.95 Å². The number of fused-ring (bicyclic) bond motifs is 2. The fourth-order valence-corrected chi connectivity index (χ4v) is 5.90. The quantitative estimate of drug-likeness (QED) is 0.288. The number of rotatable bonds is 6. The molecule has 10 heteroatoms. The Hall–Kier alpha value is -4.83. The molecule has 6 rings (SSSR count). The summed E-state index contributed by atoms with van der Waals surface area (Å²) in [5.74, 6) is -1.06. The summed E-state index contributed by atoms with van der Waals surface area (Å²) >= 11 is 1.56. The van der Waals surface area contributed by atoms with Crippen LogP contribution >= 0.6 is 11.3 Å². The first-order chi connectivity index (χ1) is 18.5. The van der Waals surface area contributed by atoms with Crippen molar-refractivity contribution in [3.63, 3.8) is 0 Å². The molecule has 1 unspecified atom stereocenters. The number of aromatic nitrogens is 4. The summed E-state index contributed by atoms with van der Waals surface area (Å²) in [6.07, 6.45) is 0. The Bertz CT molecular complexity index is 1710. The van der Waals surface area contributed by atoms with E-state index in [1.54, 1.807) is 47.2 Å². The molecular formula is C28H21N5O4S. The molecule has 0 saturated heterocycles. The maximum Gasteiger partial charge on any atom is 0.338 e. The van der Waals surface area contributed by atoms with Crippen molar-refractivity contribution >= 4 is 39.3 Å². The molecule has 9 nitrogen and oxygen atoms in total. The van der Waals surface area contributed by atoms with E-state index < -0.39 is 18.0 Å². The third-order valence-electron chi connectivity index (χ3n) is 6.45. The summed E-state index contributed by atoms with van der Waals surface area (Å²) in [5.41, 5.74) is 3.74. The van der Waals surface area contributed by atoms with Gasteiger partial charge in [-0.3, -0.25) is 0 Å². The van der Waals surface area contributed by atoms with Crippen LogP contribution in [0.5, 0.6) is 0 Å².